The maximum Gasteiger partial charge on any atom is 0.419 e. The van der Waals surface area contributed by atoms with E-state index < -0.39 is 41.0 Å². The third kappa shape index (κ3) is 4.57. The molecule has 3 rings (SSSR count). The molecule has 1 aromatic heterocycles. The number of anilines is 1. The van der Waals surface area contributed by atoms with E-state index in [9.17, 15) is 27.6 Å². The molecule has 1 aliphatic rings. The number of hydrogen-bond donors (Lipinski definition) is 1. The van der Waals surface area contributed by atoms with E-state index >= 15 is 0 Å². The van der Waals surface area contributed by atoms with Crippen LogP contribution in [0, 0.1) is 0 Å². The molecular weight excluding hydrogens is 419 g/mol. The molecule has 12 heteroatoms. The van der Waals surface area contributed by atoms with Crippen LogP contribution in [0.4, 0.5) is 19.0 Å². The summed E-state index contributed by atoms with van der Waals surface area (Å²) < 4.78 is 46.8. The lowest BCUT2D eigenvalue weighted by atomic mass is 10.1. The van der Waals surface area contributed by atoms with Gasteiger partial charge in [0.05, 0.1) is 5.56 Å². The second-order valence-corrected chi connectivity index (χ2v) is 7.29. The van der Waals surface area contributed by atoms with Gasteiger partial charge in [0.25, 0.3) is 5.56 Å². The van der Waals surface area contributed by atoms with Crippen molar-refractivity contribution in [2.45, 2.75) is 38.1 Å². The van der Waals surface area contributed by atoms with E-state index in [1.54, 1.807) is 4.90 Å². The maximum absolute atomic E-state index is 13.2. The Morgan fingerprint density at radius 1 is 1.23 bits per heavy atom. The summed E-state index contributed by atoms with van der Waals surface area (Å²) in [6, 6.07) is 3.94. The van der Waals surface area contributed by atoms with Crippen LogP contribution < -0.4 is 26.6 Å². The lowest BCUT2D eigenvalue weighted by Crippen LogP contribution is -2.48. The Bertz CT molecular complexity index is 1090. The summed E-state index contributed by atoms with van der Waals surface area (Å²) in [6.45, 7) is 1.93. The van der Waals surface area contributed by atoms with Gasteiger partial charge in [0.2, 0.25) is 11.7 Å². The van der Waals surface area contributed by atoms with Crippen LogP contribution in [0.2, 0.25) is 0 Å². The summed E-state index contributed by atoms with van der Waals surface area (Å²) in [4.78, 5) is 37.9. The molecule has 0 radical (unpaired) electrons. The number of nitrogens with two attached hydrogens (primary N) is 1. The molecule has 9 nitrogen and oxygen atoms in total. The van der Waals surface area contributed by atoms with Gasteiger partial charge >= 0.3 is 11.9 Å². The number of carbonyl (C=O) groups excluding carboxylic acids is 1. The molecule has 0 saturated carbocycles. The molecule has 31 heavy (non-hydrogen) atoms. The van der Waals surface area contributed by atoms with E-state index in [0.29, 0.717) is 12.8 Å². The molecule has 2 heterocycles. The number of para-hydroxylation sites is 1. The van der Waals surface area contributed by atoms with E-state index in [-0.39, 0.29) is 24.7 Å². The minimum absolute atomic E-state index is 0.0376. The smallest absolute Gasteiger partial charge is 0.419 e. The summed E-state index contributed by atoms with van der Waals surface area (Å²) >= 11 is 0. The molecule has 0 aliphatic carbocycles. The van der Waals surface area contributed by atoms with Crippen LogP contribution >= 0.6 is 0 Å². The highest BCUT2D eigenvalue weighted by Crippen LogP contribution is 2.37. The normalized spacial score (nSPS) is 16.2. The van der Waals surface area contributed by atoms with Crippen molar-refractivity contribution in [3.63, 3.8) is 0 Å². The van der Waals surface area contributed by atoms with Gasteiger partial charge in [0.15, 0.2) is 0 Å². The Kier molecular flexibility index (Phi) is 6.09. The molecular formula is C19H22F3N5O4. The zero-order chi connectivity index (χ0) is 22.9. The van der Waals surface area contributed by atoms with Crippen LogP contribution in [0.15, 0.2) is 33.9 Å². The van der Waals surface area contributed by atoms with Crippen LogP contribution in [0.3, 0.4) is 0 Å². The molecule has 1 fully saturated rings. The van der Waals surface area contributed by atoms with Crippen molar-refractivity contribution in [2.75, 3.05) is 18.0 Å². The monoisotopic (exact) mass is 441 g/mol. The number of halogens is 3. The van der Waals surface area contributed by atoms with Crippen molar-refractivity contribution in [3.8, 4) is 5.75 Å². The predicted octanol–water partition coefficient (Wildman–Crippen LogP) is 1.05. The zero-order valence-electron chi connectivity index (χ0n) is 16.9. The molecule has 0 spiro atoms. The van der Waals surface area contributed by atoms with Crippen LogP contribution in [0.5, 0.6) is 5.75 Å². The average Bonchev–Trinajstić information content (AvgIpc) is 2.72. The maximum atomic E-state index is 13.2. The van der Waals surface area contributed by atoms with E-state index in [4.69, 9.17) is 10.5 Å². The van der Waals surface area contributed by atoms with Crippen molar-refractivity contribution in [1.29, 1.82) is 0 Å². The van der Waals surface area contributed by atoms with Crippen molar-refractivity contribution < 1.29 is 22.7 Å². The largest absolute Gasteiger partial charge is 0.490 e. The van der Waals surface area contributed by atoms with E-state index in [0.717, 1.165) is 15.3 Å². The highest BCUT2D eigenvalue weighted by atomic mass is 19.4. The summed E-state index contributed by atoms with van der Waals surface area (Å²) in [7, 11) is 1.27. The van der Waals surface area contributed by atoms with Crippen LogP contribution in [-0.4, -0.2) is 39.4 Å². The molecule has 1 saturated heterocycles. The Morgan fingerprint density at radius 2 is 1.84 bits per heavy atom. The van der Waals surface area contributed by atoms with Crippen LogP contribution in [-0.2, 0) is 18.0 Å². The average molecular weight is 441 g/mol. The molecule has 2 aromatic rings. The Morgan fingerprint density at radius 3 is 2.42 bits per heavy atom. The number of piperidine rings is 1. The number of alkyl halides is 3. The third-order valence-corrected chi connectivity index (χ3v) is 5.19. The highest BCUT2D eigenvalue weighted by Gasteiger charge is 2.35. The molecule has 1 atom stereocenters. The molecule has 168 valence electrons. The molecule has 1 aromatic carbocycles. The number of aromatic nitrogens is 3. The van der Waals surface area contributed by atoms with Crippen molar-refractivity contribution >= 4 is 11.7 Å². The number of rotatable bonds is 5. The van der Waals surface area contributed by atoms with E-state index in [1.165, 1.54) is 32.2 Å². The Labute approximate surface area is 174 Å². The van der Waals surface area contributed by atoms with Crippen molar-refractivity contribution in [2.24, 2.45) is 12.8 Å². The van der Waals surface area contributed by atoms with Gasteiger partial charge in [-0.1, -0.05) is 12.1 Å². The van der Waals surface area contributed by atoms with Crippen molar-refractivity contribution in [1.82, 2.24) is 14.3 Å². The molecule has 1 aliphatic heterocycles. The first-order valence-corrected chi connectivity index (χ1v) is 9.57. The molecule has 0 bridgehead atoms. The van der Waals surface area contributed by atoms with Gasteiger partial charge in [-0.2, -0.15) is 13.2 Å². The first-order chi connectivity index (χ1) is 14.5. The van der Waals surface area contributed by atoms with Gasteiger partial charge in [-0.05, 0) is 19.1 Å². The van der Waals surface area contributed by atoms with Crippen LogP contribution in [0.25, 0.3) is 0 Å². The summed E-state index contributed by atoms with van der Waals surface area (Å²) in [5.41, 5.74) is 2.99. The number of ether oxygens (including phenoxy) is 1. The van der Waals surface area contributed by atoms with Gasteiger partial charge < -0.3 is 15.4 Å². The SMILES string of the molecule is CC(C(N)=O)n1nc(N2CCC(Oc3ccccc3C(F)(F)F)CC2)c(=O)n(C)c1=O. The van der Waals surface area contributed by atoms with E-state index in [1.807, 2.05) is 0 Å². The lowest BCUT2D eigenvalue weighted by molar-refractivity contribution is -0.139. The fourth-order valence-electron chi connectivity index (χ4n) is 3.32. The predicted molar refractivity (Wildman–Crippen MR) is 105 cm³/mol. The first kappa shape index (κ1) is 22.4. The van der Waals surface area contributed by atoms with Crippen molar-refractivity contribution in [3.05, 3.63) is 50.7 Å². The van der Waals surface area contributed by atoms with Gasteiger partial charge in [-0.3, -0.25) is 14.2 Å². The Balaban J connectivity index is 1.79. The molecule has 2 N–H and O–H groups in total. The summed E-state index contributed by atoms with van der Waals surface area (Å²) in [5, 5.41) is 4.04. The van der Waals surface area contributed by atoms with Gasteiger partial charge in [-0.15, -0.1) is 5.10 Å². The zero-order valence-corrected chi connectivity index (χ0v) is 16.9. The summed E-state index contributed by atoms with van der Waals surface area (Å²) in [6.07, 6.45) is -4.35. The topological polar surface area (TPSA) is 112 Å². The van der Waals surface area contributed by atoms with Gasteiger partial charge in [0, 0.05) is 33.0 Å². The first-order valence-electron chi connectivity index (χ1n) is 9.57. The lowest BCUT2D eigenvalue weighted by Gasteiger charge is -2.33. The highest BCUT2D eigenvalue weighted by molar-refractivity contribution is 5.77. The van der Waals surface area contributed by atoms with Gasteiger partial charge in [-0.25, -0.2) is 9.48 Å². The van der Waals surface area contributed by atoms with Crippen LogP contribution in [0.1, 0.15) is 31.4 Å². The number of carbonyl (C=O) groups is 1. The minimum atomic E-state index is -4.53. The second-order valence-electron chi connectivity index (χ2n) is 7.29. The second kappa shape index (κ2) is 8.44. The number of nitrogens with zero attached hydrogens (tertiary/aromatic N) is 4. The fourth-order valence-corrected chi connectivity index (χ4v) is 3.32. The van der Waals surface area contributed by atoms with Gasteiger partial charge in [0.1, 0.15) is 17.9 Å². The molecule has 1 amide bonds. The number of amides is 1. The number of benzene rings is 1. The van der Waals surface area contributed by atoms with E-state index in [2.05, 4.69) is 5.10 Å². The minimum Gasteiger partial charge on any atom is -0.490 e. The standard InChI is InChI=1S/C19H22F3N5O4/c1-11(15(23)28)27-18(30)25(2)17(29)16(24-27)26-9-7-12(8-10-26)31-14-6-4-3-5-13(14)19(20,21)22/h3-6,11-12H,7-10H2,1-2H3,(H2,23,28). The fraction of sp³-hybridized carbons (Fsp3) is 0.474. The molecule has 1 unspecified atom stereocenters. The number of primary amides is 1. The Hall–Kier alpha value is -3.31. The summed E-state index contributed by atoms with van der Waals surface area (Å²) in [5.74, 6) is -1.06. The third-order valence-electron chi connectivity index (χ3n) is 5.19. The quantitative estimate of drug-likeness (QED) is 0.743. The number of hydrogen-bond acceptors (Lipinski definition) is 6.